The predicted octanol–water partition coefficient (Wildman–Crippen LogP) is 5.37. The van der Waals surface area contributed by atoms with Gasteiger partial charge in [-0.3, -0.25) is 15.0 Å². The lowest BCUT2D eigenvalue weighted by Crippen LogP contribution is -2.65. The summed E-state index contributed by atoms with van der Waals surface area (Å²) in [5.74, 6) is -0.426. The molecule has 5 atom stereocenters. The standard InChI is InChI=1S/C31H43FN2O8/c1-20-28(41-19-30(2,3)4)40-18-26(33(20)29(36)42-31(5,6)7)27(35)25(34(37)38)15-22-13-23(32)16-24(14-22)39-17-21-11-9-8-10-12-21/h8-14,16,20,25-28,35H,15,17-19H2,1-7H3/t20-,25-,26+,27-,28-/m0/s1. The number of halogens is 1. The molecule has 0 spiro atoms. The van der Waals surface area contributed by atoms with Crippen LogP contribution < -0.4 is 4.74 Å². The van der Waals surface area contributed by atoms with Gasteiger partial charge in [0.05, 0.1) is 25.3 Å². The van der Waals surface area contributed by atoms with Crippen LogP contribution in [0.4, 0.5) is 9.18 Å². The summed E-state index contributed by atoms with van der Waals surface area (Å²) in [7, 11) is 0. The zero-order valence-corrected chi connectivity index (χ0v) is 25.4. The highest BCUT2D eigenvalue weighted by Crippen LogP contribution is 2.29. The molecule has 1 fully saturated rings. The number of aliphatic hydroxyl groups is 1. The number of ether oxygens (including phenoxy) is 4. The van der Waals surface area contributed by atoms with Gasteiger partial charge in [-0.1, -0.05) is 51.1 Å². The van der Waals surface area contributed by atoms with E-state index in [1.165, 1.54) is 23.1 Å². The molecule has 1 saturated heterocycles. The van der Waals surface area contributed by atoms with Crippen LogP contribution in [0.2, 0.25) is 0 Å². The van der Waals surface area contributed by atoms with E-state index in [4.69, 9.17) is 18.9 Å². The van der Waals surface area contributed by atoms with Crippen molar-refractivity contribution >= 4 is 6.09 Å². The van der Waals surface area contributed by atoms with Gasteiger partial charge in [-0.25, -0.2) is 9.18 Å². The van der Waals surface area contributed by atoms with Gasteiger partial charge >= 0.3 is 6.09 Å². The molecule has 10 nitrogen and oxygen atoms in total. The molecule has 0 saturated carbocycles. The maximum Gasteiger partial charge on any atom is 0.411 e. The Morgan fingerprint density at radius 2 is 1.81 bits per heavy atom. The molecule has 232 valence electrons. The van der Waals surface area contributed by atoms with Gasteiger partial charge < -0.3 is 24.1 Å². The maximum atomic E-state index is 14.5. The van der Waals surface area contributed by atoms with Crippen molar-refractivity contribution in [2.75, 3.05) is 13.2 Å². The fraction of sp³-hybridized carbons (Fsp3) is 0.581. The fourth-order valence-electron chi connectivity index (χ4n) is 4.63. The average molecular weight is 591 g/mol. The van der Waals surface area contributed by atoms with Gasteiger partial charge in [-0.2, -0.15) is 0 Å². The van der Waals surface area contributed by atoms with Crippen molar-refractivity contribution in [1.29, 1.82) is 0 Å². The van der Waals surface area contributed by atoms with Gasteiger partial charge in [-0.05, 0) is 56.4 Å². The van der Waals surface area contributed by atoms with E-state index in [0.29, 0.717) is 6.61 Å². The SMILES string of the molecule is C[C@H]1[C@H](OCC(C)(C)C)OC[C@H]([C@@H](O)[C@H](Cc2cc(F)cc(OCc3ccccc3)c2)[N+](=O)[O-])N1C(=O)OC(C)(C)C. The Labute approximate surface area is 246 Å². The van der Waals surface area contributed by atoms with E-state index in [-0.39, 0.29) is 36.4 Å². The van der Waals surface area contributed by atoms with Gasteiger partial charge in [0, 0.05) is 17.4 Å². The van der Waals surface area contributed by atoms with Crippen LogP contribution in [0, 0.1) is 21.3 Å². The van der Waals surface area contributed by atoms with Crippen molar-refractivity contribution in [2.45, 2.75) is 97.6 Å². The van der Waals surface area contributed by atoms with Gasteiger partial charge in [0.1, 0.15) is 29.9 Å². The number of benzene rings is 2. The zero-order valence-electron chi connectivity index (χ0n) is 25.4. The smallest absolute Gasteiger partial charge is 0.411 e. The number of carbonyl (C=O) groups is 1. The number of morpholine rings is 1. The van der Waals surface area contributed by atoms with E-state index >= 15 is 0 Å². The van der Waals surface area contributed by atoms with E-state index < -0.39 is 53.0 Å². The molecular formula is C31H43FN2O8. The number of carbonyl (C=O) groups excluding carboxylic acids is 1. The zero-order chi connectivity index (χ0) is 31.2. The number of amides is 1. The Bertz CT molecular complexity index is 1200. The highest BCUT2D eigenvalue weighted by molar-refractivity contribution is 5.69. The van der Waals surface area contributed by atoms with Crippen LogP contribution in [0.3, 0.4) is 0 Å². The molecule has 0 aromatic heterocycles. The molecule has 2 aromatic carbocycles. The topological polar surface area (TPSA) is 121 Å². The lowest BCUT2D eigenvalue weighted by Gasteiger charge is -2.46. The first kappa shape index (κ1) is 33.2. The van der Waals surface area contributed by atoms with E-state index in [2.05, 4.69) is 0 Å². The van der Waals surface area contributed by atoms with Crippen LogP contribution >= 0.6 is 0 Å². The minimum atomic E-state index is -1.67. The van der Waals surface area contributed by atoms with E-state index in [1.807, 2.05) is 51.1 Å². The van der Waals surface area contributed by atoms with Crippen LogP contribution in [0.1, 0.15) is 59.6 Å². The molecule has 1 aliphatic rings. The molecule has 0 radical (unpaired) electrons. The van der Waals surface area contributed by atoms with Gasteiger partial charge in [-0.15, -0.1) is 0 Å². The van der Waals surface area contributed by atoms with Gasteiger partial charge in [0.25, 0.3) is 0 Å². The lowest BCUT2D eigenvalue weighted by atomic mass is 9.94. The number of hydrogen-bond acceptors (Lipinski definition) is 8. The average Bonchev–Trinajstić information content (AvgIpc) is 2.88. The summed E-state index contributed by atoms with van der Waals surface area (Å²) in [6, 6.07) is 9.74. The summed E-state index contributed by atoms with van der Waals surface area (Å²) < 4.78 is 37.7. The van der Waals surface area contributed by atoms with Crippen molar-refractivity contribution in [3.63, 3.8) is 0 Å². The van der Waals surface area contributed by atoms with Crippen molar-refractivity contribution in [1.82, 2.24) is 4.90 Å². The first-order valence-electron chi connectivity index (χ1n) is 14.1. The Morgan fingerprint density at radius 1 is 1.14 bits per heavy atom. The highest BCUT2D eigenvalue weighted by atomic mass is 19.1. The van der Waals surface area contributed by atoms with Crippen LogP contribution in [0.15, 0.2) is 48.5 Å². The minimum Gasteiger partial charge on any atom is -0.489 e. The highest BCUT2D eigenvalue weighted by Gasteiger charge is 2.48. The van der Waals surface area contributed by atoms with Crippen molar-refractivity contribution in [3.05, 3.63) is 75.6 Å². The Balaban J connectivity index is 1.83. The molecular weight excluding hydrogens is 547 g/mol. The maximum absolute atomic E-state index is 14.5. The summed E-state index contributed by atoms with van der Waals surface area (Å²) in [5.41, 5.74) is 0.104. The van der Waals surface area contributed by atoms with Gasteiger partial charge in [0.15, 0.2) is 6.29 Å². The van der Waals surface area contributed by atoms with Crippen LogP contribution in [-0.2, 0) is 27.2 Å². The van der Waals surface area contributed by atoms with Crippen molar-refractivity contribution in [3.8, 4) is 5.75 Å². The van der Waals surface area contributed by atoms with E-state index in [9.17, 15) is 24.4 Å². The van der Waals surface area contributed by atoms with Crippen LogP contribution in [0.5, 0.6) is 5.75 Å². The normalized spacial score (nSPS) is 21.0. The quantitative estimate of drug-likeness (QED) is 0.290. The number of nitrogens with zero attached hydrogens (tertiary/aromatic N) is 2. The Hall–Kier alpha value is -3.28. The lowest BCUT2D eigenvalue weighted by molar-refractivity contribution is -0.536. The second-order valence-electron chi connectivity index (χ2n) is 12.9. The second-order valence-corrected chi connectivity index (χ2v) is 12.9. The Kier molecular flexibility index (Phi) is 10.9. The molecule has 0 bridgehead atoms. The third-order valence-corrected chi connectivity index (χ3v) is 6.59. The predicted molar refractivity (Wildman–Crippen MR) is 154 cm³/mol. The number of rotatable bonds is 10. The summed E-state index contributed by atoms with van der Waals surface area (Å²) in [6.45, 7) is 13.1. The summed E-state index contributed by atoms with van der Waals surface area (Å²) >= 11 is 0. The molecule has 1 amide bonds. The molecule has 3 rings (SSSR count). The molecule has 2 aromatic rings. The molecule has 42 heavy (non-hydrogen) atoms. The monoisotopic (exact) mass is 590 g/mol. The summed E-state index contributed by atoms with van der Waals surface area (Å²) in [4.78, 5) is 26.3. The van der Waals surface area contributed by atoms with Gasteiger partial charge in [0.2, 0.25) is 6.04 Å². The summed E-state index contributed by atoms with van der Waals surface area (Å²) in [5, 5.41) is 23.7. The van der Waals surface area contributed by atoms with Crippen LogP contribution in [0.25, 0.3) is 0 Å². The second kappa shape index (κ2) is 13.8. The number of nitro groups is 1. The first-order valence-corrected chi connectivity index (χ1v) is 14.1. The van der Waals surface area contributed by atoms with Crippen molar-refractivity contribution in [2.24, 2.45) is 5.41 Å². The van der Waals surface area contributed by atoms with Crippen molar-refractivity contribution < 1.29 is 38.2 Å². The van der Waals surface area contributed by atoms with E-state index in [1.54, 1.807) is 27.7 Å². The molecule has 1 aliphatic heterocycles. The molecule has 1 N–H and O–H groups in total. The molecule has 1 heterocycles. The van der Waals surface area contributed by atoms with E-state index in [0.717, 1.165) is 5.56 Å². The summed E-state index contributed by atoms with van der Waals surface area (Å²) in [6.07, 6.45) is -3.57. The minimum absolute atomic E-state index is 0.179. The molecule has 0 unspecified atom stereocenters. The largest absolute Gasteiger partial charge is 0.489 e. The third-order valence-electron chi connectivity index (χ3n) is 6.59. The Morgan fingerprint density at radius 3 is 2.40 bits per heavy atom. The third kappa shape index (κ3) is 9.64. The van der Waals surface area contributed by atoms with Crippen LogP contribution in [-0.4, -0.2) is 70.4 Å². The number of aliphatic hydroxyl groups excluding tert-OH is 1. The molecule has 11 heteroatoms. The molecule has 0 aliphatic carbocycles. The first-order chi connectivity index (χ1) is 19.5. The fourth-order valence-corrected chi connectivity index (χ4v) is 4.63. The number of hydrogen-bond donors (Lipinski definition) is 1.